The van der Waals surface area contributed by atoms with Crippen LogP contribution in [0.3, 0.4) is 0 Å². The number of halogens is 1. The number of benzene rings is 1. The van der Waals surface area contributed by atoms with Gasteiger partial charge in [-0.1, -0.05) is 6.07 Å². The number of aromatic nitrogens is 2. The highest BCUT2D eigenvalue weighted by molar-refractivity contribution is 5.93. The first-order chi connectivity index (χ1) is 12.4. The molecule has 1 amide bonds. The highest BCUT2D eigenvalue weighted by Gasteiger charge is 2.22. The van der Waals surface area contributed by atoms with Crippen LogP contribution < -0.4 is 10.1 Å². The van der Waals surface area contributed by atoms with Gasteiger partial charge in [-0.2, -0.15) is 0 Å². The molecule has 136 valence electrons. The Hall–Kier alpha value is -3.03. The fourth-order valence-corrected chi connectivity index (χ4v) is 2.31. The molecule has 2 aromatic rings. The van der Waals surface area contributed by atoms with Gasteiger partial charge >= 0.3 is 5.97 Å². The number of amides is 1. The quantitative estimate of drug-likeness (QED) is 0.788. The number of carbonyl (C=O) groups is 2. The first kappa shape index (κ1) is 17.8. The van der Waals surface area contributed by atoms with Crippen molar-refractivity contribution in [3.63, 3.8) is 0 Å². The van der Waals surface area contributed by atoms with E-state index in [0.717, 1.165) is 25.2 Å². The Bertz CT molecular complexity index is 822. The topological polar surface area (TPSA) is 101 Å². The number of carbonyl (C=O) groups excluding carboxylic acids is 1. The molecule has 0 bridgehead atoms. The lowest BCUT2D eigenvalue weighted by Gasteiger charge is -2.15. The van der Waals surface area contributed by atoms with Crippen LogP contribution in [0.25, 0.3) is 0 Å². The van der Waals surface area contributed by atoms with Crippen molar-refractivity contribution in [2.75, 3.05) is 6.61 Å². The molecule has 1 fully saturated rings. The molecule has 1 unspecified atom stereocenters. The Balaban J connectivity index is 1.62. The van der Waals surface area contributed by atoms with Gasteiger partial charge in [0.15, 0.2) is 17.3 Å². The fraction of sp³-hybridized carbons (Fsp3) is 0.333. The van der Waals surface area contributed by atoms with E-state index in [2.05, 4.69) is 15.3 Å². The zero-order chi connectivity index (χ0) is 18.7. The summed E-state index contributed by atoms with van der Waals surface area (Å²) < 4.78 is 19.6. The summed E-state index contributed by atoms with van der Waals surface area (Å²) in [6.45, 7) is 2.23. The largest absolute Gasteiger partial charge is 0.490 e. The summed E-state index contributed by atoms with van der Waals surface area (Å²) in [5.74, 6) is -1.50. The molecule has 1 aromatic heterocycles. The summed E-state index contributed by atoms with van der Waals surface area (Å²) in [7, 11) is 0. The lowest BCUT2D eigenvalue weighted by molar-refractivity contribution is 0.0689. The molecule has 0 radical (unpaired) electrons. The monoisotopic (exact) mass is 359 g/mol. The Labute approximate surface area is 149 Å². The second kappa shape index (κ2) is 7.47. The van der Waals surface area contributed by atoms with Gasteiger partial charge in [0.1, 0.15) is 5.69 Å². The van der Waals surface area contributed by atoms with E-state index in [0.29, 0.717) is 18.1 Å². The van der Waals surface area contributed by atoms with E-state index in [1.165, 1.54) is 6.07 Å². The van der Waals surface area contributed by atoms with E-state index in [9.17, 15) is 14.0 Å². The fourth-order valence-electron chi connectivity index (χ4n) is 2.31. The van der Waals surface area contributed by atoms with Gasteiger partial charge in [-0.05, 0) is 43.4 Å². The third kappa shape index (κ3) is 4.33. The summed E-state index contributed by atoms with van der Waals surface area (Å²) in [6.07, 6.45) is 4.34. The summed E-state index contributed by atoms with van der Waals surface area (Å²) in [6, 6.07) is 4.09. The van der Waals surface area contributed by atoms with Crippen molar-refractivity contribution in [1.29, 1.82) is 0 Å². The van der Waals surface area contributed by atoms with Crippen LogP contribution in [0.15, 0.2) is 30.6 Å². The molecule has 2 N–H and O–H groups in total. The highest BCUT2D eigenvalue weighted by atomic mass is 19.1. The molecule has 3 rings (SSSR count). The van der Waals surface area contributed by atoms with Crippen LogP contribution in [0.1, 0.15) is 52.3 Å². The summed E-state index contributed by atoms with van der Waals surface area (Å²) >= 11 is 0. The first-order valence-corrected chi connectivity index (χ1v) is 8.22. The maximum absolute atomic E-state index is 14.1. The van der Waals surface area contributed by atoms with Crippen LogP contribution in [-0.4, -0.2) is 33.6 Å². The molecule has 1 saturated carbocycles. The van der Waals surface area contributed by atoms with Crippen LogP contribution in [-0.2, 0) is 0 Å². The van der Waals surface area contributed by atoms with Crippen LogP contribution in [0.5, 0.6) is 5.75 Å². The molecular weight excluding hydrogens is 341 g/mol. The molecule has 1 aliphatic carbocycles. The van der Waals surface area contributed by atoms with Gasteiger partial charge < -0.3 is 15.2 Å². The highest BCUT2D eigenvalue weighted by Crippen LogP contribution is 2.30. The molecule has 0 saturated heterocycles. The summed E-state index contributed by atoms with van der Waals surface area (Å²) in [4.78, 5) is 30.3. The third-order valence-corrected chi connectivity index (χ3v) is 4.08. The summed E-state index contributed by atoms with van der Waals surface area (Å²) in [5, 5.41) is 11.5. The maximum Gasteiger partial charge on any atom is 0.356 e. The standard InChI is InChI=1S/C18H18FN3O4/c1-10(22-17(23)14-7-21-15(8-20-14)18(24)25)12-4-5-16(13(19)6-12)26-9-11-2-3-11/h4-8,10-11H,2-3,9H2,1H3,(H,22,23)(H,24,25). The molecule has 8 heteroatoms. The van der Waals surface area contributed by atoms with E-state index < -0.39 is 23.7 Å². The van der Waals surface area contributed by atoms with Gasteiger partial charge in [-0.15, -0.1) is 0 Å². The third-order valence-electron chi connectivity index (χ3n) is 4.08. The molecule has 0 spiro atoms. The molecule has 0 aliphatic heterocycles. The average Bonchev–Trinajstić information content (AvgIpc) is 3.45. The average molecular weight is 359 g/mol. The summed E-state index contributed by atoms with van der Waals surface area (Å²) in [5.41, 5.74) is 0.301. The number of carboxylic acid groups (broad SMARTS) is 1. The van der Waals surface area contributed by atoms with Crippen LogP contribution in [0.2, 0.25) is 0 Å². The maximum atomic E-state index is 14.1. The zero-order valence-corrected chi connectivity index (χ0v) is 14.1. The number of aromatic carboxylic acids is 1. The SMILES string of the molecule is CC(NC(=O)c1cnc(C(=O)O)cn1)c1ccc(OCC2CC2)c(F)c1. The van der Waals surface area contributed by atoms with Crippen molar-refractivity contribution in [2.45, 2.75) is 25.8 Å². The van der Waals surface area contributed by atoms with E-state index in [-0.39, 0.29) is 17.1 Å². The molecule has 1 atom stereocenters. The zero-order valence-electron chi connectivity index (χ0n) is 14.1. The molecule has 1 aromatic carbocycles. The van der Waals surface area contributed by atoms with Crippen molar-refractivity contribution in [3.8, 4) is 5.75 Å². The first-order valence-electron chi connectivity index (χ1n) is 8.22. The lowest BCUT2D eigenvalue weighted by Crippen LogP contribution is -2.27. The van der Waals surface area contributed by atoms with E-state index in [4.69, 9.17) is 9.84 Å². The number of hydrogen-bond donors (Lipinski definition) is 2. The lowest BCUT2D eigenvalue weighted by atomic mass is 10.1. The van der Waals surface area contributed by atoms with E-state index >= 15 is 0 Å². The predicted octanol–water partition coefficient (Wildman–Crippen LogP) is 2.59. The Kier molecular flexibility index (Phi) is 5.11. The van der Waals surface area contributed by atoms with Crippen molar-refractivity contribution in [1.82, 2.24) is 15.3 Å². The van der Waals surface area contributed by atoms with Crippen LogP contribution in [0.4, 0.5) is 4.39 Å². The van der Waals surface area contributed by atoms with Crippen LogP contribution >= 0.6 is 0 Å². The number of ether oxygens (including phenoxy) is 1. The smallest absolute Gasteiger partial charge is 0.356 e. The van der Waals surface area contributed by atoms with Crippen molar-refractivity contribution in [2.24, 2.45) is 5.92 Å². The Morgan fingerprint density at radius 2 is 2.00 bits per heavy atom. The molecule has 7 nitrogen and oxygen atoms in total. The number of carboxylic acids is 1. The van der Waals surface area contributed by atoms with Crippen molar-refractivity contribution in [3.05, 3.63) is 53.4 Å². The van der Waals surface area contributed by atoms with Gasteiger partial charge in [0, 0.05) is 0 Å². The van der Waals surface area contributed by atoms with E-state index in [1.54, 1.807) is 19.1 Å². The number of nitrogens with one attached hydrogen (secondary N) is 1. The minimum Gasteiger partial charge on any atom is -0.490 e. The van der Waals surface area contributed by atoms with Gasteiger partial charge in [-0.25, -0.2) is 19.2 Å². The second-order valence-corrected chi connectivity index (χ2v) is 6.23. The minimum absolute atomic E-state index is 0.0216. The predicted molar refractivity (Wildman–Crippen MR) is 89.5 cm³/mol. The van der Waals surface area contributed by atoms with Crippen LogP contribution in [0, 0.1) is 11.7 Å². The van der Waals surface area contributed by atoms with Crippen molar-refractivity contribution < 1.29 is 23.8 Å². The normalized spacial score (nSPS) is 14.5. The Morgan fingerprint density at radius 3 is 2.58 bits per heavy atom. The molecule has 26 heavy (non-hydrogen) atoms. The van der Waals surface area contributed by atoms with Gasteiger partial charge in [0.2, 0.25) is 0 Å². The van der Waals surface area contributed by atoms with Gasteiger partial charge in [0.05, 0.1) is 25.0 Å². The molecule has 1 heterocycles. The Morgan fingerprint density at radius 1 is 1.31 bits per heavy atom. The number of rotatable bonds is 7. The molecule has 1 aliphatic rings. The van der Waals surface area contributed by atoms with Crippen molar-refractivity contribution >= 4 is 11.9 Å². The minimum atomic E-state index is -1.22. The van der Waals surface area contributed by atoms with Gasteiger partial charge in [0.25, 0.3) is 5.91 Å². The van der Waals surface area contributed by atoms with E-state index in [1.807, 2.05) is 0 Å². The second-order valence-electron chi connectivity index (χ2n) is 6.23. The molecular formula is C18H18FN3O4. The number of hydrogen-bond acceptors (Lipinski definition) is 5. The number of nitrogens with zero attached hydrogens (tertiary/aromatic N) is 2. The van der Waals surface area contributed by atoms with Gasteiger partial charge in [-0.3, -0.25) is 4.79 Å².